The molecule has 2 atom stereocenters. The Morgan fingerprint density at radius 1 is 0.366 bits per heavy atom. The van der Waals surface area contributed by atoms with Crippen LogP contribution in [0.4, 0.5) is 0 Å². The summed E-state index contributed by atoms with van der Waals surface area (Å²) in [4.78, 5) is 0. The fourth-order valence-corrected chi connectivity index (χ4v) is 19.1. The first-order chi connectivity index (χ1) is 35.1. The quantitative estimate of drug-likeness (QED) is 0.106. The molecule has 13 aromatic rings. The first-order valence-electron chi connectivity index (χ1n) is 24.8. The lowest BCUT2D eigenvalue weighted by atomic mass is 9.97. The molecule has 0 saturated heterocycles. The maximum Gasteiger partial charge on any atom is 0.155 e. The van der Waals surface area contributed by atoms with Gasteiger partial charge in [-0.05, 0) is 110 Å². The molecule has 10 aromatic carbocycles. The number of rotatable bonds is 8. The lowest BCUT2D eigenvalue weighted by molar-refractivity contribution is 0.720. The molecule has 2 unspecified atom stereocenters. The van der Waals surface area contributed by atoms with Crippen LogP contribution in [0.15, 0.2) is 261 Å². The van der Waals surface area contributed by atoms with Crippen molar-refractivity contribution < 1.29 is 0 Å². The van der Waals surface area contributed by atoms with Crippen LogP contribution in [0.2, 0.25) is 5.54 Å². The number of thiophene rings is 1. The van der Waals surface area contributed by atoms with Gasteiger partial charge in [-0.2, -0.15) is 0 Å². The lowest BCUT2D eigenvalue weighted by Gasteiger charge is -2.42. The Hall–Kier alpha value is -8.28. The molecule has 0 aliphatic heterocycles. The van der Waals surface area contributed by atoms with Gasteiger partial charge >= 0.3 is 0 Å². The van der Waals surface area contributed by atoms with Gasteiger partial charge in [0.05, 0.1) is 32.5 Å². The number of para-hydroxylation sites is 4. The molecule has 3 heterocycles. The van der Waals surface area contributed by atoms with Gasteiger partial charge in [0.15, 0.2) is 8.07 Å². The van der Waals surface area contributed by atoms with E-state index in [1.165, 1.54) is 113 Å². The predicted octanol–water partition coefficient (Wildman–Crippen LogP) is 16.2. The Morgan fingerprint density at radius 3 is 1.45 bits per heavy atom. The third-order valence-electron chi connectivity index (χ3n) is 15.4. The Morgan fingerprint density at radius 2 is 0.859 bits per heavy atom. The molecule has 0 amide bonds. The van der Waals surface area contributed by atoms with Crippen molar-refractivity contribution in [1.82, 2.24) is 9.13 Å². The minimum atomic E-state index is -2.66. The van der Waals surface area contributed by atoms with Gasteiger partial charge in [0.2, 0.25) is 0 Å². The molecule has 0 spiro atoms. The predicted molar refractivity (Wildman–Crippen MR) is 308 cm³/mol. The Labute approximate surface area is 418 Å². The van der Waals surface area contributed by atoms with Gasteiger partial charge in [-0.1, -0.05) is 207 Å². The minimum absolute atomic E-state index is 0.334. The van der Waals surface area contributed by atoms with Crippen LogP contribution in [0, 0.1) is 5.92 Å². The van der Waals surface area contributed by atoms with Gasteiger partial charge in [-0.25, -0.2) is 0 Å². The summed E-state index contributed by atoms with van der Waals surface area (Å²) in [7, 11) is -2.66. The number of allylic oxidation sites excluding steroid dienone is 4. The Balaban J connectivity index is 0.987. The smallest absolute Gasteiger partial charge is 0.155 e. The minimum Gasteiger partial charge on any atom is -0.309 e. The van der Waals surface area contributed by atoms with Crippen LogP contribution in [0.1, 0.15) is 6.92 Å². The molecule has 0 fully saturated rings. The third-order valence-corrected chi connectivity index (χ3v) is 22.0. The van der Waals surface area contributed by atoms with Gasteiger partial charge in [0.1, 0.15) is 0 Å². The molecule has 1 aliphatic carbocycles. The lowest BCUT2D eigenvalue weighted by Crippen LogP contribution is -2.70. The van der Waals surface area contributed by atoms with E-state index in [0.29, 0.717) is 11.5 Å². The van der Waals surface area contributed by atoms with Crippen molar-refractivity contribution in [3.05, 3.63) is 261 Å². The van der Waals surface area contributed by atoms with E-state index < -0.39 is 8.07 Å². The molecule has 3 aromatic heterocycles. The molecule has 4 heteroatoms. The van der Waals surface area contributed by atoms with E-state index in [0.717, 1.165) is 0 Å². The molecular formula is C67H48N2SSi. The average Bonchev–Trinajstić information content (AvgIpc) is 4.10. The average molecular weight is 941 g/mol. The molecule has 2 nitrogen and oxygen atoms in total. The highest BCUT2D eigenvalue weighted by atomic mass is 32.1. The summed E-state index contributed by atoms with van der Waals surface area (Å²) in [5.41, 5.74) is 12.4. The van der Waals surface area contributed by atoms with Gasteiger partial charge in [0.25, 0.3) is 0 Å². The first-order valence-corrected chi connectivity index (χ1v) is 27.7. The van der Waals surface area contributed by atoms with Crippen molar-refractivity contribution in [2.24, 2.45) is 5.92 Å². The van der Waals surface area contributed by atoms with Crippen molar-refractivity contribution in [1.29, 1.82) is 0 Å². The zero-order valence-corrected chi connectivity index (χ0v) is 41.1. The number of hydrogen-bond acceptors (Lipinski definition) is 1. The SMILES string of the molecule is CC1C=CC=CC1[Si](c1ccccc1)(c1ccccc1)c1cccc(-c2cccc(-c3cc(-n4c5ccccc5c5ccccc54)c4sc5ccc(-n6c7ccccc7c7ccccc76)cc5c4c3)c2)c1. The van der Waals surface area contributed by atoms with Gasteiger partial charge in [-0.3, -0.25) is 0 Å². The maximum atomic E-state index is 2.53. The zero-order chi connectivity index (χ0) is 47.0. The van der Waals surface area contributed by atoms with E-state index in [9.17, 15) is 0 Å². The van der Waals surface area contributed by atoms with Crippen molar-refractivity contribution in [2.75, 3.05) is 0 Å². The molecular weight excluding hydrogens is 893 g/mol. The second kappa shape index (κ2) is 16.7. The molecule has 0 bridgehead atoms. The van der Waals surface area contributed by atoms with E-state index in [1.54, 1.807) is 0 Å². The van der Waals surface area contributed by atoms with Crippen molar-refractivity contribution >= 4 is 98.8 Å². The van der Waals surface area contributed by atoms with E-state index in [2.05, 4.69) is 277 Å². The summed E-state index contributed by atoms with van der Waals surface area (Å²) < 4.78 is 7.51. The van der Waals surface area contributed by atoms with Crippen LogP contribution < -0.4 is 15.6 Å². The molecule has 0 N–H and O–H groups in total. The van der Waals surface area contributed by atoms with Crippen LogP contribution >= 0.6 is 11.3 Å². The Kier molecular flexibility index (Phi) is 9.80. The second-order valence-electron chi connectivity index (χ2n) is 19.3. The highest BCUT2D eigenvalue weighted by Gasteiger charge is 2.47. The van der Waals surface area contributed by atoms with Crippen LogP contribution in [0.5, 0.6) is 0 Å². The van der Waals surface area contributed by atoms with Crippen LogP contribution in [-0.2, 0) is 0 Å². The van der Waals surface area contributed by atoms with E-state index in [1.807, 2.05) is 11.3 Å². The monoisotopic (exact) mass is 940 g/mol. The highest BCUT2D eigenvalue weighted by molar-refractivity contribution is 7.26. The molecule has 71 heavy (non-hydrogen) atoms. The number of aromatic nitrogens is 2. The second-order valence-corrected chi connectivity index (χ2v) is 24.3. The summed E-state index contributed by atoms with van der Waals surface area (Å²) in [5, 5.41) is 11.9. The van der Waals surface area contributed by atoms with E-state index in [4.69, 9.17) is 0 Å². The summed E-state index contributed by atoms with van der Waals surface area (Å²) in [6, 6.07) is 89.0. The summed E-state index contributed by atoms with van der Waals surface area (Å²) in [6.07, 6.45) is 9.40. The molecule has 0 radical (unpaired) electrons. The van der Waals surface area contributed by atoms with Crippen molar-refractivity contribution in [2.45, 2.75) is 12.5 Å². The number of hydrogen-bond donors (Lipinski definition) is 0. The van der Waals surface area contributed by atoms with Crippen molar-refractivity contribution in [3.8, 4) is 33.6 Å². The molecule has 0 saturated carbocycles. The van der Waals surface area contributed by atoms with Crippen LogP contribution in [0.3, 0.4) is 0 Å². The van der Waals surface area contributed by atoms with E-state index in [-0.39, 0.29) is 0 Å². The summed E-state index contributed by atoms with van der Waals surface area (Å²) >= 11 is 1.90. The number of fused-ring (bicyclic) bond motifs is 9. The van der Waals surface area contributed by atoms with Gasteiger partial charge < -0.3 is 9.13 Å². The fraction of sp³-hybridized carbons (Fsp3) is 0.0448. The normalized spacial score (nSPS) is 15.0. The Bertz CT molecular complexity index is 4120. The maximum absolute atomic E-state index is 2.66. The standard InChI is InChI=1S/C67H48N2SSi/c1-45-20-8-17-37-66(45)71(51-24-4-2-5-25-51,52-26-6-3-7-27-52)53-28-19-23-48(41-53)46-21-18-22-47(40-46)49-42-59-58-44-50(68-60-33-13-9-29-54(60)55-30-10-14-34-61(55)68)38-39-65(58)70-67(59)64(43-49)69-62-35-15-11-31-56(62)57-32-12-16-36-63(57)69/h2-45,66H,1H3. The van der Waals surface area contributed by atoms with Crippen LogP contribution in [0.25, 0.3) is 97.4 Å². The number of benzene rings is 10. The highest BCUT2D eigenvalue weighted by Crippen LogP contribution is 2.45. The summed E-state index contributed by atoms with van der Waals surface area (Å²) in [6.45, 7) is 2.40. The van der Waals surface area contributed by atoms with Crippen LogP contribution in [-0.4, -0.2) is 17.2 Å². The summed E-state index contributed by atoms with van der Waals surface area (Å²) in [5.74, 6) is 0.379. The first kappa shape index (κ1) is 41.7. The van der Waals surface area contributed by atoms with Gasteiger partial charge in [0, 0.05) is 42.7 Å². The molecule has 336 valence electrons. The largest absolute Gasteiger partial charge is 0.309 e. The molecule has 1 aliphatic rings. The fourth-order valence-electron chi connectivity index (χ4n) is 12.3. The zero-order valence-electron chi connectivity index (χ0n) is 39.3. The number of nitrogens with zero attached hydrogens (tertiary/aromatic N) is 2. The molecule has 14 rings (SSSR count). The third kappa shape index (κ3) is 6.52. The van der Waals surface area contributed by atoms with E-state index >= 15 is 0 Å². The van der Waals surface area contributed by atoms with Gasteiger partial charge in [-0.15, -0.1) is 11.3 Å². The van der Waals surface area contributed by atoms with Crippen molar-refractivity contribution in [3.63, 3.8) is 0 Å². The topological polar surface area (TPSA) is 9.86 Å².